The molecule has 0 aliphatic carbocycles. The highest BCUT2D eigenvalue weighted by atomic mass is 16.5. The third-order valence-corrected chi connectivity index (χ3v) is 6.36. The second kappa shape index (κ2) is 22.1. The molecule has 180 valence electrons. The Labute approximate surface area is 189 Å². The van der Waals surface area contributed by atoms with E-state index in [0.717, 1.165) is 39.5 Å². The molecule has 2 atom stereocenters. The van der Waals surface area contributed by atoms with Crippen LogP contribution < -0.4 is 0 Å². The van der Waals surface area contributed by atoms with Crippen molar-refractivity contribution in [3.63, 3.8) is 0 Å². The average molecular weight is 427 g/mol. The first kappa shape index (κ1) is 27.9. The number of rotatable bonds is 23. The number of unbranched alkanes of at least 4 members (excludes halogenated alkanes) is 15. The summed E-state index contributed by atoms with van der Waals surface area (Å²) in [5.74, 6) is 0.570. The summed E-state index contributed by atoms with van der Waals surface area (Å²) in [7, 11) is 0. The van der Waals surface area contributed by atoms with Gasteiger partial charge in [0, 0.05) is 19.1 Å². The first-order chi connectivity index (χ1) is 14.9. The first-order valence-electron chi connectivity index (χ1n) is 13.6. The minimum absolute atomic E-state index is 0.292. The number of hydrogen-bond donors (Lipinski definition) is 0. The van der Waals surface area contributed by atoms with E-state index < -0.39 is 0 Å². The van der Waals surface area contributed by atoms with E-state index >= 15 is 0 Å². The van der Waals surface area contributed by atoms with Crippen molar-refractivity contribution in [1.29, 1.82) is 0 Å². The van der Waals surface area contributed by atoms with E-state index in [2.05, 4.69) is 13.8 Å². The van der Waals surface area contributed by atoms with Crippen LogP contribution in [0.25, 0.3) is 0 Å². The maximum Gasteiger partial charge on any atom is 0.0813 e. The molecule has 30 heavy (non-hydrogen) atoms. The van der Waals surface area contributed by atoms with Gasteiger partial charge in [0.15, 0.2) is 0 Å². The van der Waals surface area contributed by atoms with Crippen LogP contribution >= 0.6 is 0 Å². The van der Waals surface area contributed by atoms with Crippen LogP contribution in [0, 0.1) is 5.92 Å². The molecule has 0 amide bonds. The zero-order valence-corrected chi connectivity index (χ0v) is 20.6. The van der Waals surface area contributed by atoms with Crippen LogP contribution in [0.5, 0.6) is 0 Å². The average Bonchev–Trinajstić information content (AvgIpc) is 3.21. The molecule has 0 saturated carbocycles. The Morgan fingerprint density at radius 1 is 0.567 bits per heavy atom. The molecule has 0 bridgehead atoms. The molecule has 1 saturated heterocycles. The van der Waals surface area contributed by atoms with Gasteiger partial charge in [0.25, 0.3) is 0 Å². The van der Waals surface area contributed by atoms with Gasteiger partial charge in [-0.15, -0.1) is 0 Å². The van der Waals surface area contributed by atoms with Crippen LogP contribution in [-0.2, 0) is 14.2 Å². The predicted molar refractivity (Wildman–Crippen MR) is 129 cm³/mol. The molecule has 1 fully saturated rings. The standard InChI is InChI=1S/C27H54O3/c1-3-5-7-9-10-11-12-13-14-15-17-19-20-28-23-26-22-27(30-24-26)25-29-21-18-16-8-6-4-2/h26-27H,3-25H2,1-2H3. The van der Waals surface area contributed by atoms with Crippen molar-refractivity contribution in [1.82, 2.24) is 0 Å². The minimum atomic E-state index is 0.292. The summed E-state index contributed by atoms with van der Waals surface area (Å²) in [6, 6.07) is 0. The molecule has 0 N–H and O–H groups in total. The lowest BCUT2D eigenvalue weighted by Crippen LogP contribution is -2.15. The Kier molecular flexibility index (Phi) is 20.6. The molecular weight excluding hydrogens is 372 g/mol. The topological polar surface area (TPSA) is 27.7 Å². The molecule has 0 spiro atoms. The molecule has 1 aliphatic heterocycles. The molecule has 3 nitrogen and oxygen atoms in total. The monoisotopic (exact) mass is 426 g/mol. The van der Waals surface area contributed by atoms with Crippen LogP contribution in [-0.4, -0.2) is 39.1 Å². The first-order valence-corrected chi connectivity index (χ1v) is 13.6. The number of ether oxygens (including phenoxy) is 3. The van der Waals surface area contributed by atoms with Gasteiger partial charge in [0.05, 0.1) is 25.9 Å². The van der Waals surface area contributed by atoms with Gasteiger partial charge in [0.2, 0.25) is 0 Å². The molecule has 0 aromatic carbocycles. The molecule has 1 heterocycles. The largest absolute Gasteiger partial charge is 0.381 e. The molecule has 0 aromatic heterocycles. The second-order valence-electron chi connectivity index (χ2n) is 9.51. The maximum absolute atomic E-state index is 5.92. The second-order valence-corrected chi connectivity index (χ2v) is 9.51. The summed E-state index contributed by atoms with van der Waals surface area (Å²) < 4.78 is 17.6. The molecule has 1 aliphatic rings. The van der Waals surface area contributed by atoms with Crippen LogP contribution in [0.3, 0.4) is 0 Å². The minimum Gasteiger partial charge on any atom is -0.381 e. The summed E-state index contributed by atoms with van der Waals surface area (Å²) in [5.41, 5.74) is 0. The molecular formula is C27H54O3. The van der Waals surface area contributed by atoms with E-state index in [0.29, 0.717) is 12.0 Å². The van der Waals surface area contributed by atoms with Gasteiger partial charge in [-0.2, -0.15) is 0 Å². The molecule has 3 heteroatoms. The van der Waals surface area contributed by atoms with Gasteiger partial charge in [-0.3, -0.25) is 0 Å². The lowest BCUT2D eigenvalue weighted by atomic mass is 10.1. The zero-order chi connectivity index (χ0) is 21.5. The lowest BCUT2D eigenvalue weighted by molar-refractivity contribution is 0.0141. The van der Waals surface area contributed by atoms with Gasteiger partial charge in [-0.05, 0) is 19.3 Å². The fourth-order valence-electron chi connectivity index (χ4n) is 4.33. The van der Waals surface area contributed by atoms with E-state index in [1.54, 1.807) is 0 Å². The molecule has 1 rings (SSSR count). The van der Waals surface area contributed by atoms with Crippen molar-refractivity contribution in [2.45, 2.75) is 136 Å². The smallest absolute Gasteiger partial charge is 0.0813 e. The third-order valence-electron chi connectivity index (χ3n) is 6.36. The Morgan fingerprint density at radius 2 is 1.00 bits per heavy atom. The van der Waals surface area contributed by atoms with Crippen molar-refractivity contribution in [2.24, 2.45) is 5.92 Å². The Bertz CT molecular complexity index is 334. The van der Waals surface area contributed by atoms with Gasteiger partial charge < -0.3 is 14.2 Å². The van der Waals surface area contributed by atoms with E-state index in [1.165, 1.54) is 109 Å². The summed E-state index contributed by atoms with van der Waals surface area (Å²) in [4.78, 5) is 0. The highest BCUT2D eigenvalue weighted by molar-refractivity contribution is 4.73. The van der Waals surface area contributed by atoms with Gasteiger partial charge in [-0.25, -0.2) is 0 Å². The van der Waals surface area contributed by atoms with Crippen LogP contribution in [0.15, 0.2) is 0 Å². The van der Waals surface area contributed by atoms with Crippen molar-refractivity contribution in [2.75, 3.05) is 33.0 Å². The quantitative estimate of drug-likeness (QED) is 0.154. The normalized spacial score (nSPS) is 19.0. The summed E-state index contributed by atoms with van der Waals surface area (Å²) in [6.45, 7) is 8.85. The molecule has 0 radical (unpaired) electrons. The van der Waals surface area contributed by atoms with Crippen LogP contribution in [0.2, 0.25) is 0 Å². The Morgan fingerprint density at radius 3 is 1.50 bits per heavy atom. The predicted octanol–water partition coefficient (Wildman–Crippen LogP) is 8.10. The third kappa shape index (κ3) is 17.5. The Balaban J connectivity index is 1.76. The van der Waals surface area contributed by atoms with E-state index in [4.69, 9.17) is 14.2 Å². The van der Waals surface area contributed by atoms with Gasteiger partial charge in [0.1, 0.15) is 0 Å². The van der Waals surface area contributed by atoms with Crippen molar-refractivity contribution in [3.8, 4) is 0 Å². The van der Waals surface area contributed by atoms with E-state index in [9.17, 15) is 0 Å². The Hall–Kier alpha value is -0.120. The summed E-state index contributed by atoms with van der Waals surface area (Å²) >= 11 is 0. The van der Waals surface area contributed by atoms with Crippen molar-refractivity contribution >= 4 is 0 Å². The SMILES string of the molecule is CCCCCCCCCCCCCCOCC1COC(COCCCCCCC)C1. The van der Waals surface area contributed by atoms with Gasteiger partial charge in [-0.1, -0.05) is 110 Å². The van der Waals surface area contributed by atoms with E-state index in [1.807, 2.05) is 0 Å². The zero-order valence-electron chi connectivity index (χ0n) is 20.6. The van der Waals surface area contributed by atoms with Gasteiger partial charge >= 0.3 is 0 Å². The molecule has 2 unspecified atom stereocenters. The van der Waals surface area contributed by atoms with Crippen LogP contribution in [0.4, 0.5) is 0 Å². The van der Waals surface area contributed by atoms with Crippen molar-refractivity contribution < 1.29 is 14.2 Å². The fourth-order valence-corrected chi connectivity index (χ4v) is 4.33. The summed E-state index contributed by atoms with van der Waals surface area (Å²) in [5, 5.41) is 0. The lowest BCUT2D eigenvalue weighted by Gasteiger charge is -2.11. The van der Waals surface area contributed by atoms with Crippen LogP contribution in [0.1, 0.15) is 129 Å². The van der Waals surface area contributed by atoms with Crippen molar-refractivity contribution in [3.05, 3.63) is 0 Å². The highest BCUT2D eigenvalue weighted by Crippen LogP contribution is 2.20. The fraction of sp³-hybridized carbons (Fsp3) is 1.00. The molecule has 0 aromatic rings. The number of hydrogen-bond acceptors (Lipinski definition) is 3. The maximum atomic E-state index is 5.92. The van der Waals surface area contributed by atoms with E-state index in [-0.39, 0.29) is 0 Å². The highest BCUT2D eigenvalue weighted by Gasteiger charge is 2.25. The summed E-state index contributed by atoms with van der Waals surface area (Å²) in [6.07, 6.45) is 24.7.